The van der Waals surface area contributed by atoms with Crippen LogP contribution in [0.4, 0.5) is 0 Å². The maximum Gasteiger partial charge on any atom is 0.231 e. The third-order valence-electron chi connectivity index (χ3n) is 5.34. The molecule has 1 saturated heterocycles. The van der Waals surface area contributed by atoms with Crippen LogP contribution in [0.25, 0.3) is 0 Å². The molecule has 0 amide bonds. The first kappa shape index (κ1) is 14.7. The molecule has 1 aliphatic carbocycles. The molecule has 23 heavy (non-hydrogen) atoms. The van der Waals surface area contributed by atoms with Crippen molar-refractivity contribution in [2.45, 2.75) is 39.2 Å². The van der Waals surface area contributed by atoms with E-state index in [9.17, 15) is 0 Å². The molecule has 1 saturated carbocycles. The first-order chi connectivity index (χ1) is 11.3. The van der Waals surface area contributed by atoms with Gasteiger partial charge in [0.2, 0.25) is 6.79 Å². The molecule has 0 radical (unpaired) electrons. The maximum absolute atomic E-state index is 5.45. The van der Waals surface area contributed by atoms with Crippen LogP contribution in [0.5, 0.6) is 11.5 Å². The summed E-state index contributed by atoms with van der Waals surface area (Å²) in [6.07, 6.45) is 5.51. The van der Waals surface area contributed by atoms with E-state index in [1.165, 1.54) is 32.2 Å². The van der Waals surface area contributed by atoms with Crippen molar-refractivity contribution in [2.24, 2.45) is 10.4 Å². The van der Waals surface area contributed by atoms with Gasteiger partial charge in [-0.25, -0.2) is 4.99 Å². The quantitative estimate of drug-likeness (QED) is 0.688. The first-order valence-electron chi connectivity index (χ1n) is 8.70. The Bertz CT molecular complexity index is 610. The normalized spacial score (nSPS) is 21.6. The van der Waals surface area contributed by atoms with Gasteiger partial charge in [-0.05, 0) is 49.3 Å². The van der Waals surface area contributed by atoms with Crippen molar-refractivity contribution in [1.82, 2.24) is 10.2 Å². The highest BCUT2D eigenvalue weighted by Gasteiger charge is 2.43. The highest BCUT2D eigenvalue weighted by molar-refractivity contribution is 5.80. The molecule has 5 heteroatoms. The molecule has 5 nitrogen and oxygen atoms in total. The smallest absolute Gasteiger partial charge is 0.231 e. The second-order valence-corrected chi connectivity index (χ2v) is 6.88. The van der Waals surface area contributed by atoms with Gasteiger partial charge in [-0.3, -0.25) is 0 Å². The molecule has 0 atom stereocenters. The zero-order chi connectivity index (χ0) is 15.7. The Balaban J connectivity index is 1.45. The van der Waals surface area contributed by atoms with Gasteiger partial charge in [0.15, 0.2) is 17.5 Å². The molecule has 3 aliphatic rings. The second-order valence-electron chi connectivity index (χ2n) is 6.88. The third-order valence-corrected chi connectivity index (χ3v) is 5.34. The zero-order valence-corrected chi connectivity index (χ0v) is 13.8. The third kappa shape index (κ3) is 2.84. The molecule has 0 bridgehead atoms. The first-order valence-corrected chi connectivity index (χ1v) is 8.70. The van der Waals surface area contributed by atoms with E-state index in [4.69, 9.17) is 14.5 Å². The molecule has 2 fully saturated rings. The van der Waals surface area contributed by atoms with E-state index in [0.29, 0.717) is 18.8 Å². The number of aliphatic imine (C=N–C) groups is 1. The summed E-state index contributed by atoms with van der Waals surface area (Å²) in [6, 6.07) is 6.07. The van der Waals surface area contributed by atoms with Crippen LogP contribution in [0.3, 0.4) is 0 Å². The van der Waals surface area contributed by atoms with E-state index in [-0.39, 0.29) is 0 Å². The fourth-order valence-electron chi connectivity index (χ4n) is 3.83. The van der Waals surface area contributed by atoms with Gasteiger partial charge in [0.05, 0.1) is 6.54 Å². The SMILES string of the molecule is CCNC(=NCc1ccc2c(c1)OCO2)N1CCC2(CCC2)C1. The van der Waals surface area contributed by atoms with Crippen LogP contribution in [0.1, 0.15) is 38.2 Å². The number of ether oxygens (including phenoxy) is 2. The summed E-state index contributed by atoms with van der Waals surface area (Å²) in [5.41, 5.74) is 1.75. The van der Waals surface area contributed by atoms with Gasteiger partial charge >= 0.3 is 0 Å². The van der Waals surface area contributed by atoms with Crippen LogP contribution in [0.2, 0.25) is 0 Å². The fourth-order valence-corrected chi connectivity index (χ4v) is 3.83. The topological polar surface area (TPSA) is 46.1 Å². The Labute approximate surface area is 137 Å². The predicted octanol–water partition coefficient (Wildman–Crippen LogP) is 2.76. The van der Waals surface area contributed by atoms with Crippen LogP contribution >= 0.6 is 0 Å². The monoisotopic (exact) mass is 315 g/mol. The number of nitrogens with zero attached hydrogens (tertiary/aromatic N) is 2. The molecule has 1 aromatic rings. The van der Waals surface area contributed by atoms with Gasteiger partial charge in [-0.1, -0.05) is 12.5 Å². The number of fused-ring (bicyclic) bond motifs is 1. The number of hydrogen-bond acceptors (Lipinski definition) is 3. The van der Waals surface area contributed by atoms with Crippen molar-refractivity contribution in [3.05, 3.63) is 23.8 Å². The van der Waals surface area contributed by atoms with Gasteiger partial charge < -0.3 is 19.7 Å². The van der Waals surface area contributed by atoms with Crippen LogP contribution in [-0.4, -0.2) is 37.3 Å². The van der Waals surface area contributed by atoms with Gasteiger partial charge in [0.1, 0.15) is 0 Å². The summed E-state index contributed by atoms with van der Waals surface area (Å²) in [4.78, 5) is 7.29. The number of hydrogen-bond donors (Lipinski definition) is 1. The molecular weight excluding hydrogens is 290 g/mol. The molecule has 124 valence electrons. The minimum absolute atomic E-state index is 0.320. The molecule has 1 aromatic carbocycles. The lowest BCUT2D eigenvalue weighted by atomic mass is 9.68. The van der Waals surface area contributed by atoms with E-state index in [1.54, 1.807) is 0 Å². The van der Waals surface area contributed by atoms with E-state index < -0.39 is 0 Å². The van der Waals surface area contributed by atoms with Crippen molar-refractivity contribution in [2.75, 3.05) is 26.4 Å². The van der Waals surface area contributed by atoms with Crippen LogP contribution in [-0.2, 0) is 6.54 Å². The molecule has 0 unspecified atom stereocenters. The Morgan fingerprint density at radius 2 is 2.13 bits per heavy atom. The number of benzene rings is 1. The molecule has 1 spiro atoms. The van der Waals surface area contributed by atoms with Crippen LogP contribution in [0, 0.1) is 5.41 Å². The summed E-state index contributed by atoms with van der Waals surface area (Å²) >= 11 is 0. The fraction of sp³-hybridized carbons (Fsp3) is 0.611. The summed E-state index contributed by atoms with van der Waals surface area (Å²) < 4.78 is 10.8. The standard InChI is InChI=1S/C18H25N3O2/c1-2-19-17(21-9-8-18(12-21)6-3-7-18)20-11-14-4-5-15-16(10-14)23-13-22-15/h4-5,10H,2-3,6-9,11-13H2,1H3,(H,19,20). The molecular formula is C18H25N3O2. The van der Waals surface area contributed by atoms with Crippen molar-refractivity contribution in [3.63, 3.8) is 0 Å². The largest absolute Gasteiger partial charge is 0.454 e. The average molecular weight is 315 g/mol. The molecule has 1 N–H and O–H groups in total. The molecule has 0 aromatic heterocycles. The van der Waals surface area contributed by atoms with E-state index in [1.807, 2.05) is 12.1 Å². The highest BCUT2D eigenvalue weighted by atomic mass is 16.7. The van der Waals surface area contributed by atoms with Crippen molar-refractivity contribution >= 4 is 5.96 Å². The van der Waals surface area contributed by atoms with E-state index in [2.05, 4.69) is 23.2 Å². The lowest BCUT2D eigenvalue weighted by Crippen LogP contribution is -2.42. The second kappa shape index (κ2) is 5.95. The zero-order valence-electron chi connectivity index (χ0n) is 13.8. The summed E-state index contributed by atoms with van der Waals surface area (Å²) in [5, 5.41) is 3.45. The van der Waals surface area contributed by atoms with E-state index in [0.717, 1.165) is 36.1 Å². The van der Waals surface area contributed by atoms with Gasteiger partial charge in [0.25, 0.3) is 0 Å². The predicted molar refractivity (Wildman–Crippen MR) is 89.9 cm³/mol. The highest BCUT2D eigenvalue weighted by Crippen LogP contribution is 2.47. The van der Waals surface area contributed by atoms with Crippen LogP contribution in [0.15, 0.2) is 23.2 Å². The van der Waals surface area contributed by atoms with E-state index >= 15 is 0 Å². The van der Waals surface area contributed by atoms with Gasteiger partial charge in [0, 0.05) is 19.6 Å². The van der Waals surface area contributed by atoms with Crippen molar-refractivity contribution < 1.29 is 9.47 Å². The lowest BCUT2D eigenvalue weighted by molar-refractivity contribution is 0.151. The Kier molecular flexibility index (Phi) is 3.79. The summed E-state index contributed by atoms with van der Waals surface area (Å²) in [5.74, 6) is 2.71. The maximum atomic E-state index is 5.45. The lowest BCUT2D eigenvalue weighted by Gasteiger charge is -2.38. The Morgan fingerprint density at radius 3 is 2.87 bits per heavy atom. The Morgan fingerprint density at radius 1 is 1.26 bits per heavy atom. The molecule has 4 rings (SSSR count). The van der Waals surface area contributed by atoms with Crippen LogP contribution < -0.4 is 14.8 Å². The van der Waals surface area contributed by atoms with Gasteiger partial charge in [-0.2, -0.15) is 0 Å². The minimum atomic E-state index is 0.320. The van der Waals surface area contributed by atoms with Gasteiger partial charge in [-0.15, -0.1) is 0 Å². The summed E-state index contributed by atoms with van der Waals surface area (Å²) in [7, 11) is 0. The number of rotatable bonds is 3. The Hall–Kier alpha value is -1.91. The minimum Gasteiger partial charge on any atom is -0.454 e. The molecule has 2 aliphatic heterocycles. The number of nitrogens with one attached hydrogen (secondary N) is 1. The number of guanidine groups is 1. The van der Waals surface area contributed by atoms with Crippen molar-refractivity contribution in [1.29, 1.82) is 0 Å². The summed E-state index contributed by atoms with van der Waals surface area (Å²) in [6.45, 7) is 6.32. The molecule has 2 heterocycles. The van der Waals surface area contributed by atoms with Crippen molar-refractivity contribution in [3.8, 4) is 11.5 Å². The number of likely N-dealkylation sites (tertiary alicyclic amines) is 1. The average Bonchev–Trinajstić information content (AvgIpc) is 3.17.